The van der Waals surface area contributed by atoms with Crippen molar-refractivity contribution in [2.75, 3.05) is 5.75 Å². The maximum atomic E-state index is 10.5. The van der Waals surface area contributed by atoms with Crippen LogP contribution in [0.1, 0.15) is 33.1 Å². The second kappa shape index (κ2) is 4.83. The predicted octanol–water partition coefficient (Wildman–Crippen LogP) is 2.28. The van der Waals surface area contributed by atoms with Gasteiger partial charge in [-0.05, 0) is 26.7 Å². The first kappa shape index (κ1) is 12.7. The van der Waals surface area contributed by atoms with Gasteiger partial charge in [-0.3, -0.25) is 0 Å². The van der Waals surface area contributed by atoms with Gasteiger partial charge >= 0.3 is 0 Å². The summed E-state index contributed by atoms with van der Waals surface area (Å²) in [7, 11) is 1.66. The Morgan fingerprint density at radius 3 is 2.31 bits per heavy atom. The summed E-state index contributed by atoms with van der Waals surface area (Å²) in [6.07, 6.45) is 1.94. The third kappa shape index (κ3) is 8.07. The molecule has 0 radical (unpaired) electrons. The Kier molecular flexibility index (Phi) is 4.72. The van der Waals surface area contributed by atoms with Crippen LogP contribution in [-0.4, -0.2) is 14.2 Å². The molecular weight excluding hydrogens is 210 g/mol. The predicted molar refractivity (Wildman–Crippen MR) is 52.9 cm³/mol. The van der Waals surface area contributed by atoms with Crippen LogP contribution < -0.4 is 0 Å². The van der Waals surface area contributed by atoms with Crippen LogP contribution in [-0.2, 0) is 9.05 Å². The molecule has 0 saturated heterocycles. The minimum absolute atomic E-state index is 0.00390. The maximum absolute atomic E-state index is 10.5. The van der Waals surface area contributed by atoms with E-state index in [2.05, 4.69) is 6.07 Å². The van der Waals surface area contributed by atoms with Crippen molar-refractivity contribution in [2.45, 2.75) is 33.1 Å². The standard InChI is InChI=1S/C8H14ClNO2S/c1-8(2,7-10)5-3-4-6-13(9,11)12/h3-6H2,1-2H3. The zero-order valence-corrected chi connectivity index (χ0v) is 9.45. The molecule has 0 aliphatic rings. The van der Waals surface area contributed by atoms with Crippen molar-refractivity contribution in [3.8, 4) is 6.07 Å². The first-order chi connectivity index (χ1) is 5.77. The second-order valence-electron chi connectivity index (χ2n) is 3.70. The summed E-state index contributed by atoms with van der Waals surface area (Å²) in [6, 6.07) is 2.16. The maximum Gasteiger partial charge on any atom is 0.232 e. The lowest BCUT2D eigenvalue weighted by Crippen LogP contribution is -2.08. The molecular formula is C8H14ClNO2S. The highest BCUT2D eigenvalue weighted by molar-refractivity contribution is 8.13. The molecule has 13 heavy (non-hydrogen) atoms. The molecule has 0 fully saturated rings. The van der Waals surface area contributed by atoms with Gasteiger partial charge in [0.2, 0.25) is 9.05 Å². The Bertz CT molecular complexity index is 290. The van der Waals surface area contributed by atoms with Crippen molar-refractivity contribution in [1.82, 2.24) is 0 Å². The Morgan fingerprint density at radius 1 is 1.38 bits per heavy atom. The average molecular weight is 224 g/mol. The molecule has 0 rings (SSSR count). The lowest BCUT2D eigenvalue weighted by atomic mass is 9.89. The molecule has 0 spiro atoms. The van der Waals surface area contributed by atoms with Gasteiger partial charge in [0.1, 0.15) is 0 Å². The summed E-state index contributed by atoms with van der Waals surface area (Å²) >= 11 is 0. The highest BCUT2D eigenvalue weighted by Gasteiger charge is 2.16. The van der Waals surface area contributed by atoms with Crippen LogP contribution >= 0.6 is 10.7 Å². The van der Waals surface area contributed by atoms with Gasteiger partial charge in [0.15, 0.2) is 0 Å². The van der Waals surface area contributed by atoms with Gasteiger partial charge in [0.25, 0.3) is 0 Å². The van der Waals surface area contributed by atoms with E-state index >= 15 is 0 Å². The first-order valence-electron chi connectivity index (χ1n) is 4.10. The molecule has 0 amide bonds. The van der Waals surface area contributed by atoms with Crippen molar-refractivity contribution in [3.63, 3.8) is 0 Å². The van der Waals surface area contributed by atoms with Gasteiger partial charge in [-0.25, -0.2) is 8.42 Å². The fraction of sp³-hybridized carbons (Fsp3) is 0.875. The van der Waals surface area contributed by atoms with E-state index < -0.39 is 9.05 Å². The molecule has 0 aromatic carbocycles. The van der Waals surface area contributed by atoms with Crippen LogP contribution in [0.5, 0.6) is 0 Å². The minimum Gasteiger partial charge on any atom is -0.212 e. The molecule has 0 N–H and O–H groups in total. The van der Waals surface area contributed by atoms with Gasteiger partial charge in [-0.15, -0.1) is 0 Å². The number of rotatable bonds is 5. The van der Waals surface area contributed by atoms with Crippen LogP contribution in [0.25, 0.3) is 0 Å². The summed E-state index contributed by atoms with van der Waals surface area (Å²) in [6.45, 7) is 3.67. The van der Waals surface area contributed by atoms with E-state index in [9.17, 15) is 8.42 Å². The Morgan fingerprint density at radius 2 is 1.92 bits per heavy atom. The van der Waals surface area contributed by atoms with E-state index in [1.54, 1.807) is 0 Å². The molecule has 0 atom stereocenters. The Balaban J connectivity index is 3.66. The van der Waals surface area contributed by atoms with Gasteiger partial charge in [-0.1, -0.05) is 6.42 Å². The Hall–Kier alpha value is -0.270. The SMILES string of the molecule is CC(C)(C#N)CCCCS(=O)(=O)Cl. The quantitative estimate of drug-likeness (QED) is 0.531. The van der Waals surface area contributed by atoms with E-state index in [0.29, 0.717) is 19.3 Å². The van der Waals surface area contributed by atoms with Crippen LogP contribution in [0.15, 0.2) is 0 Å². The van der Waals surface area contributed by atoms with Gasteiger partial charge in [0.05, 0.1) is 17.2 Å². The molecule has 0 heterocycles. The Labute approximate surface area is 84.1 Å². The topological polar surface area (TPSA) is 57.9 Å². The zero-order valence-electron chi connectivity index (χ0n) is 7.88. The zero-order chi connectivity index (χ0) is 10.5. The number of halogens is 1. The highest BCUT2D eigenvalue weighted by Crippen LogP contribution is 2.21. The van der Waals surface area contributed by atoms with Crippen molar-refractivity contribution in [1.29, 1.82) is 5.26 Å². The third-order valence-electron chi connectivity index (χ3n) is 1.74. The normalized spacial score (nSPS) is 12.5. The van der Waals surface area contributed by atoms with E-state index in [1.807, 2.05) is 13.8 Å². The van der Waals surface area contributed by atoms with Crippen molar-refractivity contribution < 1.29 is 8.42 Å². The van der Waals surface area contributed by atoms with Crippen LogP contribution in [0.3, 0.4) is 0 Å². The first-order valence-corrected chi connectivity index (χ1v) is 6.58. The van der Waals surface area contributed by atoms with Crippen LogP contribution in [0.4, 0.5) is 0 Å². The highest BCUT2D eigenvalue weighted by atomic mass is 35.7. The van der Waals surface area contributed by atoms with E-state index in [0.717, 1.165) is 0 Å². The molecule has 76 valence electrons. The smallest absolute Gasteiger partial charge is 0.212 e. The van der Waals surface area contributed by atoms with Crippen molar-refractivity contribution in [3.05, 3.63) is 0 Å². The molecule has 0 saturated carbocycles. The molecule has 0 bridgehead atoms. The fourth-order valence-electron chi connectivity index (χ4n) is 0.897. The number of nitrogens with zero attached hydrogens (tertiary/aromatic N) is 1. The summed E-state index contributed by atoms with van der Waals surface area (Å²) < 4.78 is 21.1. The van der Waals surface area contributed by atoms with E-state index in [1.165, 1.54) is 0 Å². The fourth-order valence-corrected chi connectivity index (χ4v) is 1.77. The molecule has 0 aromatic heterocycles. The molecule has 3 nitrogen and oxygen atoms in total. The summed E-state index contributed by atoms with van der Waals surface area (Å²) in [5, 5.41) is 8.66. The minimum atomic E-state index is -3.36. The molecule has 0 aliphatic heterocycles. The molecule has 0 unspecified atom stereocenters. The second-order valence-corrected chi connectivity index (χ2v) is 6.59. The molecule has 5 heteroatoms. The lowest BCUT2D eigenvalue weighted by Gasteiger charge is -2.13. The van der Waals surface area contributed by atoms with Crippen molar-refractivity contribution >= 4 is 19.7 Å². The van der Waals surface area contributed by atoms with Crippen LogP contribution in [0.2, 0.25) is 0 Å². The van der Waals surface area contributed by atoms with E-state index in [4.69, 9.17) is 15.9 Å². The number of unbranched alkanes of at least 4 members (excludes halogenated alkanes) is 1. The molecule has 0 aromatic rings. The summed E-state index contributed by atoms with van der Waals surface area (Å²) in [4.78, 5) is 0. The van der Waals surface area contributed by atoms with Crippen LogP contribution in [0, 0.1) is 16.7 Å². The third-order valence-corrected chi connectivity index (χ3v) is 2.98. The monoisotopic (exact) mass is 223 g/mol. The molecule has 0 aliphatic carbocycles. The largest absolute Gasteiger partial charge is 0.232 e. The van der Waals surface area contributed by atoms with Gasteiger partial charge in [-0.2, -0.15) is 5.26 Å². The summed E-state index contributed by atoms with van der Waals surface area (Å²) in [5.74, 6) is -0.00390. The van der Waals surface area contributed by atoms with E-state index in [-0.39, 0.29) is 11.2 Å². The van der Waals surface area contributed by atoms with Crippen molar-refractivity contribution in [2.24, 2.45) is 5.41 Å². The van der Waals surface area contributed by atoms with Gasteiger partial charge < -0.3 is 0 Å². The summed E-state index contributed by atoms with van der Waals surface area (Å²) in [5.41, 5.74) is -0.365. The number of nitriles is 1. The number of hydrogen-bond donors (Lipinski definition) is 0. The number of hydrogen-bond acceptors (Lipinski definition) is 3. The average Bonchev–Trinajstić information content (AvgIpc) is 1.97. The van der Waals surface area contributed by atoms with Gasteiger partial charge in [0, 0.05) is 10.7 Å². The lowest BCUT2D eigenvalue weighted by molar-refractivity contribution is 0.432.